The van der Waals surface area contributed by atoms with Crippen molar-refractivity contribution in [3.63, 3.8) is 0 Å². The molecule has 0 unspecified atom stereocenters. The van der Waals surface area contributed by atoms with Crippen LogP contribution in [0.1, 0.15) is 10.6 Å². The minimum Gasteiger partial charge on any atom is -0.459 e. The van der Waals surface area contributed by atoms with Crippen molar-refractivity contribution in [1.29, 1.82) is 0 Å². The number of hydrogen-bond donors (Lipinski definition) is 0. The molecule has 27 heavy (non-hydrogen) atoms. The van der Waals surface area contributed by atoms with Gasteiger partial charge in [-0.25, -0.2) is 0 Å². The summed E-state index contributed by atoms with van der Waals surface area (Å²) >= 11 is 0.0792. The van der Waals surface area contributed by atoms with E-state index in [1.54, 1.807) is 0 Å². The molecule has 2 aromatic rings. The zero-order valence-corrected chi connectivity index (χ0v) is 14.0. The number of carbonyl (C=O) groups excluding carboxylic acids is 1. The van der Waals surface area contributed by atoms with Crippen molar-refractivity contribution in [3.8, 4) is 17.5 Å². The van der Waals surface area contributed by atoms with Crippen molar-refractivity contribution in [2.45, 2.75) is 12.4 Å². The van der Waals surface area contributed by atoms with Gasteiger partial charge in [0.05, 0.1) is 12.1 Å². The number of hydrogen-bond acceptors (Lipinski definition) is 5. The van der Waals surface area contributed by atoms with Crippen molar-refractivity contribution < 1.29 is 35.9 Å². The van der Waals surface area contributed by atoms with E-state index in [4.69, 9.17) is 11.2 Å². The highest BCUT2D eigenvalue weighted by Gasteiger charge is 2.36. The van der Waals surface area contributed by atoms with Crippen LogP contribution < -0.4 is 9.64 Å². The van der Waals surface area contributed by atoms with E-state index >= 15 is 0 Å². The van der Waals surface area contributed by atoms with E-state index in [-0.39, 0.29) is 23.6 Å². The van der Waals surface area contributed by atoms with Crippen LogP contribution in [0.5, 0.6) is 5.19 Å². The van der Waals surface area contributed by atoms with Crippen LogP contribution in [0.3, 0.4) is 0 Å². The number of amides is 1. The second kappa shape index (κ2) is 7.83. The SMILES string of the molecule is C#CCN(C(=O)COc1nnc(C(F)(F)F)s1)c1cccc(C(F)(F)F)c1. The summed E-state index contributed by atoms with van der Waals surface area (Å²) in [7, 11) is 0. The van der Waals surface area contributed by atoms with Crippen molar-refractivity contribution in [3.05, 3.63) is 34.8 Å². The Labute approximate surface area is 152 Å². The van der Waals surface area contributed by atoms with Crippen molar-refractivity contribution in [2.24, 2.45) is 0 Å². The van der Waals surface area contributed by atoms with Crippen LogP contribution in [0.2, 0.25) is 0 Å². The van der Waals surface area contributed by atoms with Gasteiger partial charge in [0.25, 0.3) is 11.1 Å². The molecule has 0 aliphatic rings. The molecule has 12 heteroatoms. The summed E-state index contributed by atoms with van der Waals surface area (Å²) in [4.78, 5) is 13.1. The van der Waals surface area contributed by atoms with Gasteiger partial charge < -0.3 is 4.74 Å². The second-order valence-corrected chi connectivity index (χ2v) is 5.83. The van der Waals surface area contributed by atoms with Crippen molar-refractivity contribution in [1.82, 2.24) is 10.2 Å². The van der Waals surface area contributed by atoms with Crippen LogP contribution in [0.25, 0.3) is 0 Å². The lowest BCUT2D eigenvalue weighted by atomic mass is 10.2. The first kappa shape index (κ1) is 20.5. The molecule has 0 aliphatic carbocycles. The minimum absolute atomic E-state index is 0.0792. The maximum atomic E-state index is 12.8. The average molecular weight is 409 g/mol. The molecule has 0 saturated heterocycles. The molecule has 1 aromatic carbocycles. The first-order chi connectivity index (χ1) is 12.5. The van der Waals surface area contributed by atoms with E-state index in [1.165, 1.54) is 6.07 Å². The standard InChI is InChI=1S/C15H9F6N3O2S/c1-2-6-24(10-5-3-4-9(7-10)14(16,17)18)11(25)8-26-13-23-22-12(27-13)15(19,20)21/h1,3-5,7H,6,8H2. The molecule has 0 atom stereocenters. The zero-order chi connectivity index (χ0) is 20.2. The van der Waals surface area contributed by atoms with Gasteiger partial charge in [-0.15, -0.1) is 11.5 Å². The number of nitrogens with zero attached hydrogens (tertiary/aromatic N) is 3. The second-order valence-electron chi connectivity index (χ2n) is 4.89. The molecule has 0 spiro atoms. The van der Waals surface area contributed by atoms with E-state index in [0.29, 0.717) is 0 Å². The van der Waals surface area contributed by atoms with E-state index in [0.717, 1.165) is 23.1 Å². The molecular weight excluding hydrogens is 400 g/mol. The molecule has 0 fully saturated rings. The van der Waals surface area contributed by atoms with E-state index < -0.39 is 40.6 Å². The normalized spacial score (nSPS) is 11.7. The monoisotopic (exact) mass is 409 g/mol. The van der Waals surface area contributed by atoms with Crippen molar-refractivity contribution >= 4 is 22.9 Å². The summed E-state index contributed by atoms with van der Waals surface area (Å²) in [6.45, 7) is -1.15. The Morgan fingerprint density at radius 3 is 2.44 bits per heavy atom. The van der Waals surface area contributed by atoms with Crippen molar-refractivity contribution in [2.75, 3.05) is 18.1 Å². The lowest BCUT2D eigenvalue weighted by Crippen LogP contribution is -2.35. The minimum atomic E-state index is -4.71. The Bertz CT molecular complexity index is 856. The third-order valence-electron chi connectivity index (χ3n) is 3.00. The molecule has 5 nitrogen and oxygen atoms in total. The summed E-state index contributed by atoms with van der Waals surface area (Å²) in [6.07, 6.45) is -4.20. The third-order valence-corrected chi connectivity index (χ3v) is 3.88. The number of anilines is 1. The first-order valence-electron chi connectivity index (χ1n) is 6.97. The average Bonchev–Trinajstić information content (AvgIpc) is 3.06. The maximum Gasteiger partial charge on any atom is 0.445 e. The summed E-state index contributed by atoms with van der Waals surface area (Å²) in [5.41, 5.74) is -1.13. The molecule has 0 bridgehead atoms. The fourth-order valence-electron chi connectivity index (χ4n) is 1.85. The molecule has 0 saturated carbocycles. The number of terminal acetylenes is 1. The van der Waals surface area contributed by atoms with Gasteiger partial charge in [0.15, 0.2) is 6.61 Å². The van der Waals surface area contributed by atoms with Gasteiger partial charge >= 0.3 is 12.4 Å². The van der Waals surface area contributed by atoms with Crippen LogP contribution in [0.4, 0.5) is 32.0 Å². The van der Waals surface area contributed by atoms with Gasteiger partial charge in [0, 0.05) is 5.69 Å². The van der Waals surface area contributed by atoms with Gasteiger partial charge in [0.2, 0.25) is 5.01 Å². The Morgan fingerprint density at radius 2 is 1.89 bits per heavy atom. The molecule has 1 amide bonds. The lowest BCUT2D eigenvalue weighted by Gasteiger charge is -2.21. The van der Waals surface area contributed by atoms with E-state index in [1.807, 2.05) is 0 Å². The molecule has 144 valence electrons. The molecule has 0 aliphatic heterocycles. The number of aromatic nitrogens is 2. The molecule has 1 heterocycles. The Kier molecular flexibility index (Phi) is 5.94. The summed E-state index contributed by atoms with van der Waals surface area (Å²) in [5, 5.41) is 4.25. The Hall–Kier alpha value is -2.81. The van der Waals surface area contributed by atoms with Crippen LogP contribution in [0, 0.1) is 12.3 Å². The van der Waals surface area contributed by atoms with E-state index in [2.05, 4.69) is 16.1 Å². The molecule has 2 rings (SSSR count). The molecular formula is C15H9F6N3O2S. The Balaban J connectivity index is 2.14. The number of alkyl halides is 6. The number of benzene rings is 1. The smallest absolute Gasteiger partial charge is 0.445 e. The van der Waals surface area contributed by atoms with Crippen LogP contribution >= 0.6 is 11.3 Å². The topological polar surface area (TPSA) is 55.3 Å². The molecule has 1 aromatic heterocycles. The highest BCUT2D eigenvalue weighted by atomic mass is 32.1. The maximum absolute atomic E-state index is 12.8. The summed E-state index contributed by atoms with van der Waals surface area (Å²) in [6, 6.07) is 3.87. The van der Waals surface area contributed by atoms with E-state index in [9.17, 15) is 31.1 Å². The number of ether oxygens (including phenoxy) is 1. The first-order valence-corrected chi connectivity index (χ1v) is 7.78. The van der Waals surface area contributed by atoms with Gasteiger partial charge in [0.1, 0.15) is 0 Å². The molecule has 0 radical (unpaired) electrons. The summed E-state index contributed by atoms with van der Waals surface area (Å²) < 4.78 is 80.6. The fourth-order valence-corrected chi connectivity index (χ4v) is 2.41. The van der Waals surface area contributed by atoms with Crippen LogP contribution in [-0.2, 0) is 17.1 Å². The highest BCUT2D eigenvalue weighted by Crippen LogP contribution is 2.34. The summed E-state index contributed by atoms with van der Waals surface area (Å²) in [5.74, 6) is 1.26. The van der Waals surface area contributed by atoms with Gasteiger partial charge in [-0.05, 0) is 18.2 Å². The lowest BCUT2D eigenvalue weighted by molar-refractivity contribution is -0.138. The van der Waals surface area contributed by atoms with Gasteiger partial charge in [-0.3, -0.25) is 9.69 Å². The zero-order valence-electron chi connectivity index (χ0n) is 13.1. The fraction of sp³-hybridized carbons (Fsp3) is 0.267. The predicted molar refractivity (Wildman–Crippen MR) is 83.0 cm³/mol. The van der Waals surface area contributed by atoms with Gasteiger partial charge in [-0.2, -0.15) is 26.3 Å². The van der Waals surface area contributed by atoms with Crippen LogP contribution in [0.15, 0.2) is 24.3 Å². The predicted octanol–water partition coefficient (Wildman–Crippen LogP) is 3.62. The Morgan fingerprint density at radius 1 is 1.19 bits per heavy atom. The number of rotatable bonds is 5. The van der Waals surface area contributed by atoms with Crippen LogP contribution in [-0.4, -0.2) is 29.3 Å². The number of halogens is 6. The van der Waals surface area contributed by atoms with Gasteiger partial charge in [-0.1, -0.05) is 28.4 Å². The number of carbonyl (C=O) groups is 1. The largest absolute Gasteiger partial charge is 0.459 e. The quantitative estimate of drug-likeness (QED) is 0.559. The molecule has 0 N–H and O–H groups in total. The highest BCUT2D eigenvalue weighted by molar-refractivity contribution is 7.13. The third kappa shape index (κ3) is 5.33.